The van der Waals surface area contributed by atoms with Crippen LogP contribution in [0, 0.1) is 5.92 Å². The Morgan fingerprint density at radius 2 is 2.00 bits per heavy atom. The smallest absolute Gasteiger partial charge is 0.137 e. The zero-order chi connectivity index (χ0) is 12.8. The molecule has 2 aliphatic carbocycles. The van der Waals surface area contributed by atoms with Crippen molar-refractivity contribution < 1.29 is 9.84 Å². The quantitative estimate of drug-likeness (QED) is 0.810. The molecule has 0 amide bonds. The van der Waals surface area contributed by atoms with Crippen molar-refractivity contribution in [2.24, 2.45) is 5.92 Å². The van der Waals surface area contributed by atoms with Gasteiger partial charge in [0.15, 0.2) is 0 Å². The van der Waals surface area contributed by atoms with Crippen molar-refractivity contribution in [2.45, 2.75) is 37.4 Å². The molecule has 0 spiro atoms. The van der Waals surface area contributed by atoms with Crippen LogP contribution < -0.4 is 0 Å². The fraction of sp³-hybridized carbons (Fsp3) is 0.500. The van der Waals surface area contributed by atoms with Crippen molar-refractivity contribution in [2.75, 3.05) is 7.11 Å². The van der Waals surface area contributed by atoms with Gasteiger partial charge in [0.25, 0.3) is 0 Å². The standard InChI is InChI=1S/C16H20O2/c1-12-10-16(17,14-6-4-3-5-7-14)15(18-2)9-8-13(12)11-15/h3-7,10,13,17H,8-9,11H2,1-2H3/t13-,15-,16+/m0/s1. The molecule has 0 saturated heterocycles. The lowest BCUT2D eigenvalue weighted by atomic mass is 9.71. The topological polar surface area (TPSA) is 29.5 Å². The molecule has 2 nitrogen and oxygen atoms in total. The van der Waals surface area contributed by atoms with Gasteiger partial charge in [0.05, 0.1) is 0 Å². The van der Waals surface area contributed by atoms with Crippen LogP contribution >= 0.6 is 0 Å². The molecule has 3 rings (SSSR count). The van der Waals surface area contributed by atoms with E-state index in [1.807, 2.05) is 36.4 Å². The molecule has 1 fully saturated rings. The predicted molar refractivity (Wildman–Crippen MR) is 71.2 cm³/mol. The van der Waals surface area contributed by atoms with E-state index in [0.29, 0.717) is 5.92 Å². The predicted octanol–water partition coefficient (Wildman–Crippen LogP) is 3.02. The third-order valence-electron chi connectivity index (χ3n) is 4.85. The number of methoxy groups -OCH3 is 1. The molecule has 1 saturated carbocycles. The molecule has 2 heteroatoms. The van der Waals surface area contributed by atoms with E-state index in [1.54, 1.807) is 7.11 Å². The van der Waals surface area contributed by atoms with Crippen molar-refractivity contribution >= 4 is 0 Å². The zero-order valence-electron chi connectivity index (χ0n) is 11.0. The Balaban J connectivity index is 2.16. The second-order valence-corrected chi connectivity index (χ2v) is 5.66. The van der Waals surface area contributed by atoms with Gasteiger partial charge in [-0.15, -0.1) is 0 Å². The van der Waals surface area contributed by atoms with Gasteiger partial charge in [-0.25, -0.2) is 0 Å². The summed E-state index contributed by atoms with van der Waals surface area (Å²) in [7, 11) is 1.73. The molecule has 0 unspecified atom stereocenters. The molecule has 0 aromatic heterocycles. The number of fused-ring (bicyclic) bond motifs is 2. The first-order valence-electron chi connectivity index (χ1n) is 6.64. The number of ether oxygens (including phenoxy) is 1. The number of rotatable bonds is 2. The van der Waals surface area contributed by atoms with E-state index in [-0.39, 0.29) is 0 Å². The largest absolute Gasteiger partial charge is 0.378 e. The average Bonchev–Trinajstić information content (AvgIpc) is 2.81. The number of aliphatic hydroxyl groups is 1. The van der Waals surface area contributed by atoms with E-state index in [9.17, 15) is 5.11 Å². The minimum atomic E-state index is -0.986. The maximum absolute atomic E-state index is 11.2. The lowest BCUT2D eigenvalue weighted by molar-refractivity contribution is -0.151. The minimum Gasteiger partial charge on any atom is -0.378 e. The third kappa shape index (κ3) is 1.42. The van der Waals surface area contributed by atoms with Crippen molar-refractivity contribution in [3.05, 3.63) is 47.5 Å². The second kappa shape index (κ2) is 3.94. The fourth-order valence-corrected chi connectivity index (χ4v) is 3.70. The lowest BCUT2D eigenvalue weighted by Gasteiger charge is -2.45. The van der Waals surface area contributed by atoms with Crippen LogP contribution in [-0.4, -0.2) is 17.8 Å². The Morgan fingerprint density at radius 1 is 1.28 bits per heavy atom. The van der Waals surface area contributed by atoms with E-state index in [1.165, 1.54) is 5.57 Å². The lowest BCUT2D eigenvalue weighted by Crippen LogP contribution is -2.52. The van der Waals surface area contributed by atoms with Gasteiger partial charge in [-0.1, -0.05) is 35.9 Å². The number of hydrogen-bond donors (Lipinski definition) is 1. The number of hydrogen-bond acceptors (Lipinski definition) is 2. The Kier molecular flexibility index (Phi) is 2.61. The molecule has 0 heterocycles. The Labute approximate surface area is 108 Å². The maximum atomic E-state index is 11.2. The average molecular weight is 244 g/mol. The normalized spacial score (nSPS) is 38.6. The summed E-state index contributed by atoms with van der Waals surface area (Å²) in [5, 5.41) is 11.2. The number of allylic oxidation sites excluding steroid dienone is 1. The molecule has 1 N–H and O–H groups in total. The summed E-state index contributed by atoms with van der Waals surface area (Å²) in [5.41, 5.74) is 0.802. The summed E-state index contributed by atoms with van der Waals surface area (Å²) in [6, 6.07) is 9.90. The van der Waals surface area contributed by atoms with Gasteiger partial charge < -0.3 is 9.84 Å². The van der Waals surface area contributed by atoms with Gasteiger partial charge in [-0.2, -0.15) is 0 Å². The first-order valence-corrected chi connectivity index (χ1v) is 6.64. The minimum absolute atomic E-state index is 0.446. The van der Waals surface area contributed by atoms with E-state index in [0.717, 1.165) is 24.8 Å². The van der Waals surface area contributed by atoms with Gasteiger partial charge >= 0.3 is 0 Å². The molecule has 0 aliphatic heterocycles. The molecule has 3 atom stereocenters. The maximum Gasteiger partial charge on any atom is 0.137 e. The van der Waals surface area contributed by atoms with E-state index >= 15 is 0 Å². The molecule has 18 heavy (non-hydrogen) atoms. The Bertz CT molecular complexity index is 479. The molecule has 96 valence electrons. The Morgan fingerprint density at radius 3 is 2.67 bits per heavy atom. The SMILES string of the molecule is CO[C@@]12CC[C@@H](C1)C(C)=C[C@@]2(O)c1ccccc1. The highest BCUT2D eigenvalue weighted by atomic mass is 16.5. The van der Waals surface area contributed by atoms with Crippen LogP contribution in [0.5, 0.6) is 0 Å². The van der Waals surface area contributed by atoms with Gasteiger partial charge in [-0.05, 0) is 43.7 Å². The summed E-state index contributed by atoms with van der Waals surface area (Å²) in [4.78, 5) is 0. The molecular formula is C16H20O2. The van der Waals surface area contributed by atoms with Crippen molar-refractivity contribution in [1.29, 1.82) is 0 Å². The van der Waals surface area contributed by atoms with Crippen LogP contribution in [0.25, 0.3) is 0 Å². The first kappa shape index (κ1) is 11.9. The molecular weight excluding hydrogens is 224 g/mol. The second-order valence-electron chi connectivity index (χ2n) is 5.66. The highest BCUT2D eigenvalue weighted by molar-refractivity contribution is 5.38. The van der Waals surface area contributed by atoms with Gasteiger partial charge in [0.1, 0.15) is 11.2 Å². The molecule has 1 aromatic rings. The zero-order valence-corrected chi connectivity index (χ0v) is 11.0. The summed E-state index contributed by atoms with van der Waals surface area (Å²) in [6.07, 6.45) is 4.99. The van der Waals surface area contributed by atoms with Crippen LogP contribution in [0.15, 0.2) is 42.0 Å². The van der Waals surface area contributed by atoms with E-state index in [2.05, 4.69) is 6.92 Å². The monoisotopic (exact) mass is 244 g/mol. The van der Waals surface area contributed by atoms with E-state index < -0.39 is 11.2 Å². The van der Waals surface area contributed by atoms with Gasteiger partial charge in [-0.3, -0.25) is 0 Å². The Hall–Kier alpha value is -1.12. The van der Waals surface area contributed by atoms with Crippen LogP contribution in [0.4, 0.5) is 0 Å². The van der Waals surface area contributed by atoms with Crippen LogP contribution in [0.3, 0.4) is 0 Å². The molecule has 2 bridgehead atoms. The summed E-state index contributed by atoms with van der Waals surface area (Å²) in [6.45, 7) is 2.13. The highest BCUT2D eigenvalue weighted by Crippen LogP contribution is 2.55. The number of benzene rings is 1. The van der Waals surface area contributed by atoms with Crippen LogP contribution in [0.1, 0.15) is 31.7 Å². The third-order valence-corrected chi connectivity index (χ3v) is 4.85. The van der Waals surface area contributed by atoms with E-state index in [4.69, 9.17) is 4.74 Å². The van der Waals surface area contributed by atoms with Crippen molar-refractivity contribution in [3.8, 4) is 0 Å². The fourth-order valence-electron chi connectivity index (χ4n) is 3.70. The summed E-state index contributed by atoms with van der Waals surface area (Å²) in [5.74, 6) is 0.578. The van der Waals surface area contributed by atoms with Gasteiger partial charge in [0, 0.05) is 7.11 Å². The van der Waals surface area contributed by atoms with Crippen molar-refractivity contribution in [1.82, 2.24) is 0 Å². The van der Waals surface area contributed by atoms with Crippen LogP contribution in [0.2, 0.25) is 0 Å². The molecule has 2 aliphatic rings. The summed E-state index contributed by atoms with van der Waals surface area (Å²) >= 11 is 0. The highest BCUT2D eigenvalue weighted by Gasteiger charge is 2.57. The molecule has 0 radical (unpaired) electrons. The summed E-state index contributed by atoms with van der Waals surface area (Å²) < 4.78 is 5.79. The van der Waals surface area contributed by atoms with Crippen molar-refractivity contribution in [3.63, 3.8) is 0 Å². The molecule has 1 aromatic carbocycles. The van der Waals surface area contributed by atoms with Crippen LogP contribution in [-0.2, 0) is 10.3 Å². The first-order chi connectivity index (χ1) is 8.61. The van der Waals surface area contributed by atoms with Gasteiger partial charge in [0.2, 0.25) is 0 Å².